The molecule has 0 saturated carbocycles. The number of amides is 1. The normalized spacial score (nSPS) is 12.0. The number of carboxylic acid groups (broad SMARTS) is 1. The van der Waals surface area contributed by atoms with E-state index in [9.17, 15) is 9.59 Å². The van der Waals surface area contributed by atoms with Gasteiger partial charge in [0.25, 0.3) is 5.91 Å². The minimum absolute atomic E-state index is 0.147. The summed E-state index contributed by atoms with van der Waals surface area (Å²) in [5.41, 5.74) is 0.568. The molecule has 2 rings (SSSR count). The number of carbonyl (C=O) groups is 2. The number of carboxylic acids is 1. The Balaban J connectivity index is 2.10. The summed E-state index contributed by atoms with van der Waals surface area (Å²) in [6.45, 7) is 0.158. The summed E-state index contributed by atoms with van der Waals surface area (Å²) in [6, 6.07) is 13.1. The molecule has 0 aliphatic rings. The van der Waals surface area contributed by atoms with Gasteiger partial charge in [-0.2, -0.15) is 0 Å². The van der Waals surface area contributed by atoms with Gasteiger partial charge in [-0.3, -0.25) is 9.59 Å². The summed E-state index contributed by atoms with van der Waals surface area (Å²) in [5.74, 6) is -1.19. The molecule has 1 atom stereocenters. The second-order valence-electron chi connectivity index (χ2n) is 4.69. The molecule has 0 radical (unpaired) electrons. The zero-order valence-corrected chi connectivity index (χ0v) is 11.7. The molecule has 1 amide bonds. The van der Waals surface area contributed by atoms with Crippen LogP contribution < -0.4 is 5.32 Å². The summed E-state index contributed by atoms with van der Waals surface area (Å²) in [4.78, 5) is 22.9. The van der Waals surface area contributed by atoms with E-state index in [2.05, 4.69) is 5.32 Å². The van der Waals surface area contributed by atoms with Gasteiger partial charge < -0.3 is 15.2 Å². The lowest BCUT2D eigenvalue weighted by molar-refractivity contribution is -0.139. The van der Waals surface area contributed by atoms with Crippen molar-refractivity contribution < 1.29 is 19.4 Å². The van der Waals surface area contributed by atoms with Gasteiger partial charge >= 0.3 is 5.97 Å². The highest BCUT2D eigenvalue weighted by atomic mass is 16.5. The number of rotatable bonds is 6. The highest BCUT2D eigenvalue weighted by Gasteiger charge is 2.15. The van der Waals surface area contributed by atoms with Crippen LogP contribution in [0.1, 0.15) is 16.8 Å². The number of carbonyl (C=O) groups excluding carboxylic acids is 1. The van der Waals surface area contributed by atoms with E-state index in [1.54, 1.807) is 6.07 Å². The van der Waals surface area contributed by atoms with Crippen LogP contribution in [-0.4, -0.2) is 36.7 Å². The first-order chi connectivity index (χ1) is 10.1. The molecule has 21 heavy (non-hydrogen) atoms. The second kappa shape index (κ2) is 6.85. The van der Waals surface area contributed by atoms with Gasteiger partial charge in [-0.15, -0.1) is 0 Å². The summed E-state index contributed by atoms with van der Waals surface area (Å²) in [5, 5.41) is 13.3. The smallest absolute Gasteiger partial charge is 0.306 e. The van der Waals surface area contributed by atoms with Gasteiger partial charge in [0.05, 0.1) is 12.5 Å². The van der Waals surface area contributed by atoms with Gasteiger partial charge in [0.15, 0.2) is 0 Å². The van der Waals surface area contributed by atoms with E-state index < -0.39 is 12.1 Å². The molecule has 0 aliphatic carbocycles. The van der Waals surface area contributed by atoms with Crippen molar-refractivity contribution in [2.24, 2.45) is 0 Å². The summed E-state index contributed by atoms with van der Waals surface area (Å²) < 4.78 is 5.04. The van der Waals surface area contributed by atoms with Gasteiger partial charge in [-0.1, -0.05) is 36.4 Å². The van der Waals surface area contributed by atoms with Crippen LogP contribution in [-0.2, 0) is 9.53 Å². The molecule has 0 saturated heterocycles. The fourth-order valence-electron chi connectivity index (χ4n) is 2.16. The van der Waals surface area contributed by atoms with Gasteiger partial charge in [-0.25, -0.2) is 0 Å². The van der Waals surface area contributed by atoms with Crippen LogP contribution in [0.2, 0.25) is 0 Å². The van der Waals surface area contributed by atoms with Crippen molar-refractivity contribution >= 4 is 22.6 Å². The van der Waals surface area contributed by atoms with Crippen molar-refractivity contribution in [2.75, 3.05) is 13.7 Å². The van der Waals surface area contributed by atoms with Crippen LogP contribution in [0.5, 0.6) is 0 Å². The van der Waals surface area contributed by atoms with Gasteiger partial charge in [0.1, 0.15) is 0 Å². The molecule has 0 spiro atoms. The van der Waals surface area contributed by atoms with Crippen LogP contribution in [0, 0.1) is 0 Å². The summed E-state index contributed by atoms with van der Waals surface area (Å²) in [6.07, 6.45) is -0.687. The van der Waals surface area contributed by atoms with Crippen molar-refractivity contribution in [3.05, 3.63) is 48.0 Å². The molecule has 2 aromatic carbocycles. The fourth-order valence-corrected chi connectivity index (χ4v) is 2.16. The van der Waals surface area contributed by atoms with E-state index in [-0.39, 0.29) is 18.9 Å². The van der Waals surface area contributed by atoms with E-state index in [0.717, 1.165) is 10.8 Å². The lowest BCUT2D eigenvalue weighted by Crippen LogP contribution is -2.34. The van der Waals surface area contributed by atoms with E-state index in [1.165, 1.54) is 7.11 Å². The predicted molar refractivity (Wildman–Crippen MR) is 79.3 cm³/mol. The van der Waals surface area contributed by atoms with Crippen molar-refractivity contribution in [1.82, 2.24) is 5.32 Å². The Morgan fingerprint density at radius 1 is 1.19 bits per heavy atom. The molecule has 0 bridgehead atoms. The van der Waals surface area contributed by atoms with Crippen LogP contribution in [0.4, 0.5) is 0 Å². The molecular weight excluding hydrogens is 270 g/mol. The van der Waals surface area contributed by atoms with Crippen molar-refractivity contribution in [2.45, 2.75) is 12.5 Å². The van der Waals surface area contributed by atoms with Crippen molar-refractivity contribution in [1.29, 1.82) is 0 Å². The Bertz CT molecular complexity index is 648. The molecule has 5 nitrogen and oxygen atoms in total. The molecule has 2 N–H and O–H groups in total. The Hall–Kier alpha value is -2.40. The molecule has 1 unspecified atom stereocenters. The molecule has 110 valence electrons. The van der Waals surface area contributed by atoms with Gasteiger partial charge in [-0.05, 0) is 16.8 Å². The third-order valence-electron chi connectivity index (χ3n) is 3.26. The Morgan fingerprint density at radius 2 is 1.90 bits per heavy atom. The zero-order valence-electron chi connectivity index (χ0n) is 11.7. The van der Waals surface area contributed by atoms with E-state index in [0.29, 0.717) is 5.56 Å². The van der Waals surface area contributed by atoms with E-state index >= 15 is 0 Å². The topological polar surface area (TPSA) is 75.6 Å². The predicted octanol–water partition coefficient (Wildman–Crippen LogP) is 2.06. The largest absolute Gasteiger partial charge is 0.481 e. The third kappa shape index (κ3) is 3.79. The van der Waals surface area contributed by atoms with E-state index in [1.807, 2.05) is 36.4 Å². The molecular formula is C16H17NO4. The lowest BCUT2D eigenvalue weighted by Gasteiger charge is -2.14. The van der Waals surface area contributed by atoms with Crippen molar-refractivity contribution in [3.63, 3.8) is 0 Å². The zero-order chi connectivity index (χ0) is 15.2. The number of aliphatic carboxylic acids is 1. The third-order valence-corrected chi connectivity index (χ3v) is 3.26. The number of methoxy groups -OCH3 is 1. The monoisotopic (exact) mass is 287 g/mol. The average molecular weight is 287 g/mol. The molecule has 0 heterocycles. The molecule has 2 aromatic rings. The van der Waals surface area contributed by atoms with E-state index in [4.69, 9.17) is 9.84 Å². The average Bonchev–Trinajstić information content (AvgIpc) is 2.50. The maximum absolute atomic E-state index is 12.3. The minimum Gasteiger partial charge on any atom is -0.481 e. The number of fused-ring (bicyclic) bond motifs is 1. The first-order valence-corrected chi connectivity index (χ1v) is 6.62. The number of hydrogen-bond donors (Lipinski definition) is 2. The van der Waals surface area contributed by atoms with Gasteiger partial charge in [0, 0.05) is 19.2 Å². The van der Waals surface area contributed by atoms with Gasteiger partial charge in [0.2, 0.25) is 0 Å². The number of nitrogens with one attached hydrogen (secondary N) is 1. The number of ether oxygens (including phenoxy) is 1. The fraction of sp³-hybridized carbons (Fsp3) is 0.250. The Morgan fingerprint density at radius 3 is 2.62 bits per heavy atom. The Labute approximate surface area is 122 Å². The minimum atomic E-state index is -0.957. The first kappa shape index (κ1) is 15.0. The van der Waals surface area contributed by atoms with Crippen LogP contribution in [0.3, 0.4) is 0 Å². The maximum atomic E-state index is 12.3. The molecule has 0 aliphatic heterocycles. The molecule has 5 heteroatoms. The standard InChI is InChI=1S/C16H17NO4/c1-21-12(9-15(18)19)10-17-16(20)14-8-4-6-11-5-2-3-7-13(11)14/h2-8,12H,9-10H2,1H3,(H,17,20)(H,18,19). The highest BCUT2D eigenvalue weighted by molar-refractivity contribution is 6.07. The first-order valence-electron chi connectivity index (χ1n) is 6.62. The molecule has 0 fully saturated rings. The van der Waals surface area contributed by atoms with Crippen LogP contribution in [0.15, 0.2) is 42.5 Å². The van der Waals surface area contributed by atoms with Crippen LogP contribution in [0.25, 0.3) is 10.8 Å². The Kier molecular flexibility index (Phi) is 4.90. The number of benzene rings is 2. The maximum Gasteiger partial charge on any atom is 0.306 e. The highest BCUT2D eigenvalue weighted by Crippen LogP contribution is 2.18. The molecule has 0 aromatic heterocycles. The lowest BCUT2D eigenvalue weighted by atomic mass is 10.0. The van der Waals surface area contributed by atoms with Crippen LogP contribution >= 0.6 is 0 Å². The SMILES string of the molecule is COC(CNC(=O)c1cccc2ccccc12)CC(=O)O. The summed E-state index contributed by atoms with van der Waals surface area (Å²) >= 11 is 0. The second-order valence-corrected chi connectivity index (χ2v) is 4.69. The summed E-state index contributed by atoms with van der Waals surface area (Å²) in [7, 11) is 1.43. The quantitative estimate of drug-likeness (QED) is 0.852. The van der Waals surface area contributed by atoms with Crippen molar-refractivity contribution in [3.8, 4) is 0 Å². The number of hydrogen-bond acceptors (Lipinski definition) is 3.